The summed E-state index contributed by atoms with van der Waals surface area (Å²) >= 11 is 0. The minimum Gasteiger partial charge on any atom is -0.368 e. The van der Waals surface area contributed by atoms with Crippen LogP contribution in [-0.4, -0.2) is 37.0 Å². The first-order chi connectivity index (χ1) is 12.2. The van der Waals surface area contributed by atoms with E-state index in [2.05, 4.69) is 42.2 Å². The highest BCUT2D eigenvalue weighted by Crippen LogP contribution is 2.18. The van der Waals surface area contributed by atoms with Crippen LogP contribution in [0.5, 0.6) is 0 Å². The Morgan fingerprint density at radius 1 is 1.08 bits per heavy atom. The van der Waals surface area contributed by atoms with E-state index in [1.807, 2.05) is 17.0 Å². The maximum absolute atomic E-state index is 12.4. The van der Waals surface area contributed by atoms with E-state index in [1.54, 1.807) is 24.3 Å². The van der Waals surface area contributed by atoms with Gasteiger partial charge in [0.25, 0.3) is 0 Å². The summed E-state index contributed by atoms with van der Waals surface area (Å²) in [6.45, 7) is 5.24. The molecule has 0 N–H and O–H groups in total. The number of anilines is 1. The number of carbonyl (C=O) groups is 1. The summed E-state index contributed by atoms with van der Waals surface area (Å²) in [5, 5.41) is 8.80. The molecule has 1 aliphatic rings. The average Bonchev–Trinajstić information content (AvgIpc) is 2.66. The number of hydrogen-bond acceptors (Lipinski definition) is 3. The van der Waals surface area contributed by atoms with Crippen LogP contribution in [0.2, 0.25) is 0 Å². The number of carbonyl (C=O) groups excluding carboxylic acids is 1. The van der Waals surface area contributed by atoms with E-state index in [0.29, 0.717) is 5.56 Å². The van der Waals surface area contributed by atoms with E-state index in [1.165, 1.54) is 11.3 Å². The third-order valence-corrected chi connectivity index (χ3v) is 4.42. The molecular formula is C21H21N3O. The van der Waals surface area contributed by atoms with Gasteiger partial charge in [0.1, 0.15) is 0 Å². The Morgan fingerprint density at radius 3 is 2.44 bits per heavy atom. The lowest BCUT2D eigenvalue weighted by molar-refractivity contribution is -0.126. The van der Waals surface area contributed by atoms with Gasteiger partial charge < -0.3 is 9.80 Å². The second-order valence-electron chi connectivity index (χ2n) is 6.22. The molecule has 1 aliphatic heterocycles. The van der Waals surface area contributed by atoms with Crippen LogP contribution in [0.15, 0.2) is 54.6 Å². The molecule has 0 spiro atoms. The molecule has 1 amide bonds. The molecule has 2 aromatic rings. The van der Waals surface area contributed by atoms with E-state index in [9.17, 15) is 4.79 Å². The van der Waals surface area contributed by atoms with Crippen molar-refractivity contribution in [1.29, 1.82) is 5.26 Å². The van der Waals surface area contributed by atoms with Gasteiger partial charge in [0.05, 0.1) is 11.6 Å². The molecule has 126 valence electrons. The normalized spacial score (nSPS) is 14.6. The van der Waals surface area contributed by atoms with Gasteiger partial charge in [-0.05, 0) is 48.4 Å². The smallest absolute Gasteiger partial charge is 0.246 e. The zero-order valence-electron chi connectivity index (χ0n) is 14.4. The molecule has 4 nitrogen and oxygen atoms in total. The summed E-state index contributed by atoms with van der Waals surface area (Å²) in [7, 11) is 0. The molecule has 0 aromatic heterocycles. The Kier molecular flexibility index (Phi) is 5.15. The van der Waals surface area contributed by atoms with E-state index < -0.39 is 0 Å². The Labute approximate surface area is 148 Å². The van der Waals surface area contributed by atoms with Crippen molar-refractivity contribution in [3.63, 3.8) is 0 Å². The minimum absolute atomic E-state index is 0.0354. The van der Waals surface area contributed by atoms with Crippen molar-refractivity contribution >= 4 is 17.7 Å². The fourth-order valence-corrected chi connectivity index (χ4v) is 2.95. The second-order valence-corrected chi connectivity index (χ2v) is 6.22. The quantitative estimate of drug-likeness (QED) is 0.811. The van der Waals surface area contributed by atoms with Crippen molar-refractivity contribution < 1.29 is 4.79 Å². The van der Waals surface area contributed by atoms with E-state index >= 15 is 0 Å². The highest BCUT2D eigenvalue weighted by Gasteiger charge is 2.19. The predicted molar refractivity (Wildman–Crippen MR) is 100 cm³/mol. The van der Waals surface area contributed by atoms with E-state index in [4.69, 9.17) is 5.26 Å². The van der Waals surface area contributed by atoms with Gasteiger partial charge in [-0.15, -0.1) is 0 Å². The van der Waals surface area contributed by atoms with Crippen LogP contribution in [0.4, 0.5) is 5.69 Å². The Hall–Kier alpha value is -3.06. The lowest BCUT2D eigenvalue weighted by Crippen LogP contribution is -2.48. The summed E-state index contributed by atoms with van der Waals surface area (Å²) in [5.41, 5.74) is 4.02. The number of rotatable bonds is 3. The Bertz CT molecular complexity index is 810. The van der Waals surface area contributed by atoms with Crippen LogP contribution < -0.4 is 4.90 Å². The van der Waals surface area contributed by atoms with Gasteiger partial charge in [-0.3, -0.25) is 4.79 Å². The van der Waals surface area contributed by atoms with Crippen molar-refractivity contribution in [2.24, 2.45) is 0 Å². The average molecular weight is 331 g/mol. The van der Waals surface area contributed by atoms with Gasteiger partial charge in [-0.2, -0.15) is 5.26 Å². The van der Waals surface area contributed by atoms with Crippen molar-refractivity contribution in [1.82, 2.24) is 4.90 Å². The Morgan fingerprint density at radius 2 is 1.80 bits per heavy atom. The van der Waals surface area contributed by atoms with Crippen molar-refractivity contribution in [3.8, 4) is 6.07 Å². The standard InChI is InChI=1S/C21H21N3O/c1-17-3-2-4-20(15-17)23-11-13-24(14-12-23)21(25)10-9-18-5-7-19(16-22)8-6-18/h2-10,15H,11-14H2,1H3. The van der Waals surface area contributed by atoms with Crippen LogP contribution in [0.1, 0.15) is 16.7 Å². The summed E-state index contributed by atoms with van der Waals surface area (Å²) in [4.78, 5) is 16.6. The molecule has 25 heavy (non-hydrogen) atoms. The van der Waals surface area contributed by atoms with E-state index in [-0.39, 0.29) is 5.91 Å². The first-order valence-corrected chi connectivity index (χ1v) is 8.44. The summed E-state index contributed by atoms with van der Waals surface area (Å²) in [6, 6.07) is 17.8. The van der Waals surface area contributed by atoms with E-state index in [0.717, 1.165) is 31.7 Å². The second kappa shape index (κ2) is 7.67. The maximum Gasteiger partial charge on any atom is 0.246 e. The number of hydrogen-bond donors (Lipinski definition) is 0. The topological polar surface area (TPSA) is 47.3 Å². The molecule has 0 bridgehead atoms. The highest BCUT2D eigenvalue weighted by atomic mass is 16.2. The van der Waals surface area contributed by atoms with Crippen LogP contribution in [0, 0.1) is 18.3 Å². The van der Waals surface area contributed by atoms with Crippen molar-refractivity contribution in [2.75, 3.05) is 31.1 Å². The van der Waals surface area contributed by atoms with Crippen LogP contribution in [0.3, 0.4) is 0 Å². The van der Waals surface area contributed by atoms with Gasteiger partial charge in [0.15, 0.2) is 0 Å². The van der Waals surface area contributed by atoms with Crippen molar-refractivity contribution in [3.05, 3.63) is 71.3 Å². The highest BCUT2D eigenvalue weighted by molar-refractivity contribution is 5.92. The predicted octanol–water partition coefficient (Wildman–Crippen LogP) is 3.23. The molecule has 3 rings (SSSR count). The van der Waals surface area contributed by atoms with Crippen molar-refractivity contribution in [2.45, 2.75) is 6.92 Å². The molecule has 1 fully saturated rings. The first kappa shape index (κ1) is 16.8. The molecule has 1 heterocycles. The zero-order valence-corrected chi connectivity index (χ0v) is 14.4. The molecule has 4 heteroatoms. The molecule has 0 unspecified atom stereocenters. The van der Waals surface area contributed by atoms with Crippen LogP contribution in [0.25, 0.3) is 6.08 Å². The van der Waals surface area contributed by atoms with Gasteiger partial charge in [-0.25, -0.2) is 0 Å². The summed E-state index contributed by atoms with van der Waals surface area (Å²) in [5.74, 6) is 0.0354. The monoisotopic (exact) mass is 331 g/mol. The molecule has 0 saturated carbocycles. The number of amides is 1. The van der Waals surface area contributed by atoms with Gasteiger partial charge in [0, 0.05) is 37.9 Å². The number of benzene rings is 2. The maximum atomic E-state index is 12.4. The van der Waals surface area contributed by atoms with Crippen LogP contribution in [-0.2, 0) is 4.79 Å². The minimum atomic E-state index is 0.0354. The SMILES string of the molecule is Cc1cccc(N2CCN(C(=O)C=Cc3ccc(C#N)cc3)CC2)c1. The fourth-order valence-electron chi connectivity index (χ4n) is 2.95. The first-order valence-electron chi connectivity index (χ1n) is 8.44. The molecule has 1 saturated heterocycles. The molecule has 0 radical (unpaired) electrons. The molecule has 0 aliphatic carbocycles. The third-order valence-electron chi connectivity index (χ3n) is 4.42. The van der Waals surface area contributed by atoms with Gasteiger partial charge >= 0.3 is 0 Å². The largest absolute Gasteiger partial charge is 0.368 e. The number of piperazine rings is 1. The lowest BCUT2D eigenvalue weighted by Gasteiger charge is -2.35. The summed E-state index contributed by atoms with van der Waals surface area (Å²) < 4.78 is 0. The molecule has 2 aromatic carbocycles. The third kappa shape index (κ3) is 4.27. The molecule has 0 atom stereocenters. The number of nitriles is 1. The fraction of sp³-hybridized carbons (Fsp3) is 0.238. The zero-order chi connectivity index (χ0) is 17.6. The molecular weight excluding hydrogens is 310 g/mol. The van der Waals surface area contributed by atoms with Gasteiger partial charge in [-0.1, -0.05) is 24.3 Å². The number of nitrogens with zero attached hydrogens (tertiary/aromatic N) is 3. The lowest BCUT2D eigenvalue weighted by atomic mass is 10.1. The van der Waals surface area contributed by atoms with Crippen LogP contribution >= 0.6 is 0 Å². The number of aryl methyl sites for hydroxylation is 1. The summed E-state index contributed by atoms with van der Waals surface area (Å²) in [6.07, 6.45) is 3.42. The Balaban J connectivity index is 1.56. The van der Waals surface area contributed by atoms with Gasteiger partial charge in [0.2, 0.25) is 5.91 Å².